The quantitative estimate of drug-likeness (QED) is 0.182. The molecule has 2 aliphatic heterocycles. The Kier molecular flexibility index (Phi) is 12.4. The number of aliphatic hydroxyl groups is 2. The highest BCUT2D eigenvalue weighted by molar-refractivity contribution is 7.89. The zero-order chi connectivity index (χ0) is 37.8. The molecule has 2 N–H and O–H groups in total. The van der Waals surface area contributed by atoms with Gasteiger partial charge in [-0.05, 0) is 75.9 Å². The van der Waals surface area contributed by atoms with E-state index in [1.165, 1.54) is 8.61 Å². The van der Waals surface area contributed by atoms with Gasteiger partial charge in [-0.15, -0.1) is 0 Å². The molecule has 0 bridgehead atoms. The van der Waals surface area contributed by atoms with E-state index in [9.17, 15) is 27.0 Å². The number of aryl methyl sites for hydroxylation is 2. The van der Waals surface area contributed by atoms with Gasteiger partial charge in [0.25, 0.3) is 0 Å². The van der Waals surface area contributed by atoms with E-state index in [4.69, 9.17) is 0 Å². The Morgan fingerprint density at radius 1 is 0.558 bits per heavy atom. The minimum absolute atomic E-state index is 0.228. The number of piperidine rings is 2. The third-order valence-corrected chi connectivity index (χ3v) is 14.0. The largest absolute Gasteiger partial charge is 0.392 e. The minimum atomic E-state index is -3.68. The second kappa shape index (κ2) is 16.4. The fourth-order valence-corrected chi connectivity index (χ4v) is 10.4. The van der Waals surface area contributed by atoms with Crippen LogP contribution in [-0.4, -0.2) is 61.0 Å². The molecule has 6 atom stereocenters. The summed E-state index contributed by atoms with van der Waals surface area (Å²) < 4.78 is 56.5. The highest BCUT2D eigenvalue weighted by atomic mass is 32.2. The molecule has 0 amide bonds. The van der Waals surface area contributed by atoms with E-state index in [1.807, 2.05) is 88.4 Å². The summed E-state index contributed by atoms with van der Waals surface area (Å²) in [7, 11) is -7.37. The third-order valence-electron chi connectivity index (χ3n) is 10.2. The maximum absolute atomic E-state index is 13.4. The average molecular weight is 743 g/mol. The predicted octanol–water partition coefficient (Wildman–Crippen LogP) is 7.37. The zero-order valence-electron chi connectivity index (χ0n) is 30.3. The van der Waals surface area contributed by atoms with Crippen LogP contribution in [0.15, 0.2) is 143 Å². The summed E-state index contributed by atoms with van der Waals surface area (Å²) in [5.41, 5.74) is 5.40. The molecule has 2 saturated heterocycles. The third kappa shape index (κ3) is 8.65. The summed E-state index contributed by atoms with van der Waals surface area (Å²) >= 11 is 0. The molecule has 52 heavy (non-hydrogen) atoms. The molecule has 276 valence electrons. The van der Waals surface area contributed by atoms with E-state index in [1.54, 1.807) is 48.5 Å². The predicted molar refractivity (Wildman–Crippen MR) is 206 cm³/mol. The Labute approximate surface area is 309 Å². The molecule has 0 aliphatic carbocycles. The maximum atomic E-state index is 13.4. The summed E-state index contributed by atoms with van der Waals surface area (Å²) in [6.07, 6.45) is -0.511. The molecule has 0 radical (unpaired) electrons. The van der Waals surface area contributed by atoms with Gasteiger partial charge in [-0.2, -0.15) is 8.61 Å². The van der Waals surface area contributed by atoms with Crippen LogP contribution in [0.3, 0.4) is 0 Å². The van der Waals surface area contributed by atoms with Gasteiger partial charge in [-0.25, -0.2) is 16.8 Å². The number of sulfonamides is 2. The van der Waals surface area contributed by atoms with E-state index in [-0.39, 0.29) is 34.7 Å². The first-order valence-corrected chi connectivity index (χ1v) is 20.4. The van der Waals surface area contributed by atoms with Crippen molar-refractivity contribution in [3.8, 4) is 0 Å². The molecule has 0 aromatic heterocycles. The molecule has 0 unspecified atom stereocenters. The standard InChI is InChI=1S/2C21H25NO3S/c2*1-15(2)19-14-22(26(24,25)18-11-9-16(3)10-12-18)20(13-21(19)23)17-7-5-4-6-8-17/h2*4-12,19-21,23H,1,13-14H2,2-3H3/t2*19-,20+,21-/m00/s1. The van der Waals surface area contributed by atoms with Crippen LogP contribution in [0.2, 0.25) is 0 Å². The highest BCUT2D eigenvalue weighted by Crippen LogP contribution is 2.41. The van der Waals surface area contributed by atoms with Crippen molar-refractivity contribution in [2.75, 3.05) is 13.1 Å². The smallest absolute Gasteiger partial charge is 0.243 e. The molecular weight excluding hydrogens is 693 g/mol. The lowest BCUT2D eigenvalue weighted by Crippen LogP contribution is -2.48. The molecule has 0 spiro atoms. The lowest BCUT2D eigenvalue weighted by atomic mass is 9.85. The lowest BCUT2D eigenvalue weighted by molar-refractivity contribution is 0.0416. The van der Waals surface area contributed by atoms with Crippen LogP contribution >= 0.6 is 0 Å². The SMILES string of the molecule is C=C(C)[C@@H]1CN(S(=O)(=O)c2ccc(C)cc2)[C@@H](c2ccccc2)C[C@@H]1O.C=C(C)[C@@H]1CN(S(=O)(=O)c2ccc(C)cc2)[C@@H](c2ccccc2)C[C@@H]1O. The first-order chi connectivity index (χ1) is 24.6. The average Bonchev–Trinajstić information content (AvgIpc) is 3.12. The maximum Gasteiger partial charge on any atom is 0.243 e. The van der Waals surface area contributed by atoms with Gasteiger partial charge < -0.3 is 10.2 Å². The van der Waals surface area contributed by atoms with Gasteiger partial charge in [0.05, 0.1) is 34.1 Å². The van der Waals surface area contributed by atoms with Crippen molar-refractivity contribution in [1.29, 1.82) is 0 Å². The molecule has 2 fully saturated rings. The molecular formula is C42H50N2O6S2. The number of aliphatic hydroxyl groups excluding tert-OH is 2. The van der Waals surface area contributed by atoms with Gasteiger partial charge in [0, 0.05) is 24.9 Å². The van der Waals surface area contributed by atoms with Crippen LogP contribution in [0, 0.1) is 25.7 Å². The summed E-state index contributed by atoms with van der Waals surface area (Å²) in [6, 6.07) is 32.0. The van der Waals surface area contributed by atoms with Gasteiger partial charge in [-0.3, -0.25) is 0 Å². The van der Waals surface area contributed by atoms with Crippen molar-refractivity contribution in [1.82, 2.24) is 8.61 Å². The summed E-state index contributed by atoms with van der Waals surface area (Å²) in [5.74, 6) is -0.537. The number of nitrogens with zero attached hydrogens (tertiary/aromatic N) is 2. The fourth-order valence-electron chi connectivity index (χ4n) is 7.05. The molecule has 6 rings (SSSR count). The Balaban J connectivity index is 0.000000201. The van der Waals surface area contributed by atoms with Crippen molar-refractivity contribution in [2.24, 2.45) is 11.8 Å². The van der Waals surface area contributed by atoms with Crippen LogP contribution in [0.5, 0.6) is 0 Å². The van der Waals surface area contributed by atoms with E-state index in [2.05, 4.69) is 13.2 Å². The van der Waals surface area contributed by atoms with Gasteiger partial charge in [0.1, 0.15) is 0 Å². The van der Waals surface area contributed by atoms with Crippen molar-refractivity contribution in [3.63, 3.8) is 0 Å². The topological polar surface area (TPSA) is 115 Å². The Morgan fingerprint density at radius 2 is 0.865 bits per heavy atom. The summed E-state index contributed by atoms with van der Waals surface area (Å²) in [4.78, 5) is 0.557. The lowest BCUT2D eigenvalue weighted by Gasteiger charge is -2.42. The van der Waals surface area contributed by atoms with Gasteiger partial charge in [0.2, 0.25) is 20.0 Å². The molecule has 4 aromatic rings. The van der Waals surface area contributed by atoms with Crippen molar-refractivity contribution < 1.29 is 27.0 Å². The summed E-state index contributed by atoms with van der Waals surface area (Å²) in [5, 5.41) is 21.2. The van der Waals surface area contributed by atoms with E-state index in [0.717, 1.165) is 33.4 Å². The molecule has 0 saturated carbocycles. The Bertz CT molecular complexity index is 1900. The van der Waals surface area contributed by atoms with Crippen LogP contribution < -0.4 is 0 Å². The van der Waals surface area contributed by atoms with E-state index >= 15 is 0 Å². The van der Waals surface area contributed by atoms with Crippen molar-refractivity contribution >= 4 is 20.0 Å². The molecule has 2 aliphatic rings. The van der Waals surface area contributed by atoms with Crippen LogP contribution in [-0.2, 0) is 20.0 Å². The second-order valence-electron chi connectivity index (χ2n) is 14.1. The Morgan fingerprint density at radius 3 is 1.15 bits per heavy atom. The number of rotatable bonds is 8. The van der Waals surface area contributed by atoms with Gasteiger partial charge >= 0.3 is 0 Å². The van der Waals surface area contributed by atoms with Crippen LogP contribution in [0.4, 0.5) is 0 Å². The first kappa shape index (κ1) is 39.3. The number of hydrogen-bond donors (Lipinski definition) is 2. The second-order valence-corrected chi connectivity index (χ2v) is 17.9. The van der Waals surface area contributed by atoms with E-state index in [0.29, 0.717) is 12.8 Å². The summed E-state index contributed by atoms with van der Waals surface area (Å²) in [6.45, 7) is 15.9. The monoisotopic (exact) mass is 742 g/mol. The van der Waals surface area contributed by atoms with Gasteiger partial charge in [-0.1, -0.05) is 120 Å². The van der Waals surface area contributed by atoms with E-state index < -0.39 is 44.3 Å². The number of benzene rings is 4. The molecule has 10 heteroatoms. The molecule has 2 heterocycles. The minimum Gasteiger partial charge on any atom is -0.392 e. The number of hydrogen-bond acceptors (Lipinski definition) is 6. The molecule has 8 nitrogen and oxygen atoms in total. The zero-order valence-corrected chi connectivity index (χ0v) is 32.0. The fraction of sp³-hybridized carbons (Fsp3) is 0.333. The highest BCUT2D eigenvalue weighted by Gasteiger charge is 2.43. The van der Waals surface area contributed by atoms with Gasteiger partial charge in [0.15, 0.2) is 0 Å². The normalized spacial score (nSPS) is 24.3. The Hall–Kier alpha value is -3.90. The van der Waals surface area contributed by atoms with Crippen LogP contribution in [0.1, 0.15) is 61.0 Å². The van der Waals surface area contributed by atoms with Crippen LogP contribution in [0.25, 0.3) is 0 Å². The first-order valence-electron chi connectivity index (χ1n) is 17.5. The molecule has 4 aromatic carbocycles. The van der Waals surface area contributed by atoms with Crippen molar-refractivity contribution in [2.45, 2.75) is 74.6 Å². The van der Waals surface area contributed by atoms with Crippen molar-refractivity contribution in [3.05, 3.63) is 156 Å².